The SMILES string of the molecule is CN(C)CC(=O)OCC1CC[C@H](O)O1. The van der Waals surface area contributed by atoms with Crippen LogP contribution in [0, 0.1) is 0 Å². The summed E-state index contributed by atoms with van der Waals surface area (Å²) in [5.41, 5.74) is 0. The second-order valence-electron chi connectivity index (χ2n) is 3.71. The fourth-order valence-electron chi connectivity index (χ4n) is 1.30. The number of carbonyl (C=O) groups is 1. The molecule has 5 nitrogen and oxygen atoms in total. The minimum absolute atomic E-state index is 0.142. The van der Waals surface area contributed by atoms with Crippen molar-refractivity contribution in [3.63, 3.8) is 0 Å². The van der Waals surface area contributed by atoms with Gasteiger partial charge >= 0.3 is 5.97 Å². The number of carbonyl (C=O) groups excluding carboxylic acids is 1. The maximum absolute atomic E-state index is 11.1. The predicted molar refractivity (Wildman–Crippen MR) is 49.6 cm³/mol. The summed E-state index contributed by atoms with van der Waals surface area (Å²) in [6.45, 7) is 0.513. The number of aliphatic hydroxyl groups excluding tert-OH is 1. The number of aliphatic hydroxyl groups is 1. The molecule has 1 saturated heterocycles. The van der Waals surface area contributed by atoms with Crippen molar-refractivity contribution in [2.45, 2.75) is 25.2 Å². The zero-order valence-corrected chi connectivity index (χ0v) is 8.60. The Morgan fingerprint density at radius 1 is 1.57 bits per heavy atom. The Kier molecular flexibility index (Phi) is 4.31. The third-order valence-corrected chi connectivity index (χ3v) is 1.96. The van der Waals surface area contributed by atoms with Crippen molar-refractivity contribution in [2.75, 3.05) is 27.2 Å². The Hall–Kier alpha value is -0.650. The highest BCUT2D eigenvalue weighted by molar-refractivity contribution is 5.71. The van der Waals surface area contributed by atoms with Crippen LogP contribution in [0.1, 0.15) is 12.8 Å². The van der Waals surface area contributed by atoms with Crippen molar-refractivity contribution in [3.8, 4) is 0 Å². The maximum Gasteiger partial charge on any atom is 0.320 e. The van der Waals surface area contributed by atoms with E-state index in [1.807, 2.05) is 0 Å². The first kappa shape index (κ1) is 11.4. The molecule has 14 heavy (non-hydrogen) atoms. The van der Waals surface area contributed by atoms with Gasteiger partial charge in [0, 0.05) is 6.42 Å². The summed E-state index contributed by atoms with van der Waals surface area (Å²) in [7, 11) is 3.61. The number of hydrogen-bond donors (Lipinski definition) is 1. The van der Waals surface area contributed by atoms with Crippen molar-refractivity contribution < 1.29 is 19.4 Å². The van der Waals surface area contributed by atoms with Gasteiger partial charge in [0.2, 0.25) is 0 Å². The second kappa shape index (κ2) is 5.29. The Labute approximate surface area is 83.6 Å². The molecule has 0 aromatic carbocycles. The van der Waals surface area contributed by atoms with Gasteiger partial charge in [-0.3, -0.25) is 9.69 Å². The maximum atomic E-state index is 11.1. The van der Waals surface area contributed by atoms with Gasteiger partial charge in [-0.25, -0.2) is 0 Å². The fourth-order valence-corrected chi connectivity index (χ4v) is 1.30. The van der Waals surface area contributed by atoms with E-state index in [1.165, 1.54) is 0 Å². The van der Waals surface area contributed by atoms with Crippen LogP contribution in [-0.4, -0.2) is 55.6 Å². The van der Waals surface area contributed by atoms with Crippen LogP contribution in [0.5, 0.6) is 0 Å². The average molecular weight is 203 g/mol. The quantitative estimate of drug-likeness (QED) is 0.629. The summed E-state index contributed by atoms with van der Waals surface area (Å²) < 4.78 is 10.0. The van der Waals surface area contributed by atoms with Crippen LogP contribution in [0.4, 0.5) is 0 Å². The molecule has 5 heteroatoms. The van der Waals surface area contributed by atoms with Crippen molar-refractivity contribution in [3.05, 3.63) is 0 Å². The lowest BCUT2D eigenvalue weighted by Crippen LogP contribution is -2.27. The van der Waals surface area contributed by atoms with Gasteiger partial charge in [-0.1, -0.05) is 0 Å². The van der Waals surface area contributed by atoms with Gasteiger partial charge in [0.1, 0.15) is 6.61 Å². The molecule has 0 amide bonds. The molecule has 1 fully saturated rings. The van der Waals surface area contributed by atoms with Crippen LogP contribution in [0.3, 0.4) is 0 Å². The topological polar surface area (TPSA) is 59.0 Å². The Balaban J connectivity index is 2.11. The Morgan fingerprint density at radius 3 is 2.79 bits per heavy atom. The molecule has 0 aromatic rings. The van der Waals surface area contributed by atoms with Crippen molar-refractivity contribution >= 4 is 5.97 Å². The first-order chi connectivity index (χ1) is 6.58. The van der Waals surface area contributed by atoms with E-state index < -0.39 is 6.29 Å². The first-order valence-corrected chi connectivity index (χ1v) is 4.72. The van der Waals surface area contributed by atoms with Crippen LogP contribution in [0.25, 0.3) is 0 Å². The van der Waals surface area contributed by atoms with Gasteiger partial charge in [0.15, 0.2) is 6.29 Å². The first-order valence-electron chi connectivity index (χ1n) is 4.72. The van der Waals surface area contributed by atoms with E-state index in [1.54, 1.807) is 19.0 Å². The molecule has 1 N–H and O–H groups in total. The lowest BCUT2D eigenvalue weighted by molar-refractivity contribution is -0.153. The largest absolute Gasteiger partial charge is 0.462 e. The minimum atomic E-state index is -0.687. The van der Waals surface area contributed by atoms with Gasteiger partial charge in [-0.15, -0.1) is 0 Å². The number of rotatable bonds is 4. The smallest absolute Gasteiger partial charge is 0.320 e. The fraction of sp³-hybridized carbons (Fsp3) is 0.889. The third kappa shape index (κ3) is 4.04. The Morgan fingerprint density at radius 2 is 2.29 bits per heavy atom. The van der Waals surface area contributed by atoms with Crippen LogP contribution >= 0.6 is 0 Å². The summed E-state index contributed by atoms with van der Waals surface area (Å²) in [5, 5.41) is 9.04. The van der Waals surface area contributed by atoms with E-state index in [2.05, 4.69) is 0 Å². The van der Waals surface area contributed by atoms with Crippen LogP contribution < -0.4 is 0 Å². The van der Waals surface area contributed by atoms with Crippen LogP contribution in [0.15, 0.2) is 0 Å². The summed E-state index contributed by atoms with van der Waals surface area (Å²) in [5.74, 6) is -0.264. The molecular formula is C9H17NO4. The van der Waals surface area contributed by atoms with E-state index in [0.29, 0.717) is 6.42 Å². The standard InChI is InChI=1S/C9H17NO4/c1-10(2)5-9(12)13-6-7-3-4-8(11)14-7/h7-8,11H,3-6H2,1-2H3/t7?,8-/m1/s1. The number of hydrogen-bond acceptors (Lipinski definition) is 5. The predicted octanol–water partition coefficient (Wildman–Crippen LogP) is -0.411. The summed E-state index contributed by atoms with van der Waals surface area (Å²) in [6, 6.07) is 0. The molecule has 0 saturated carbocycles. The summed E-state index contributed by atoms with van der Waals surface area (Å²) in [4.78, 5) is 12.9. The molecule has 1 aliphatic heterocycles. The third-order valence-electron chi connectivity index (χ3n) is 1.96. The molecule has 1 unspecified atom stereocenters. The molecule has 0 aliphatic carbocycles. The number of nitrogens with zero attached hydrogens (tertiary/aromatic N) is 1. The molecule has 0 radical (unpaired) electrons. The molecule has 2 atom stereocenters. The van der Waals surface area contributed by atoms with Crippen molar-refractivity contribution in [1.29, 1.82) is 0 Å². The van der Waals surface area contributed by atoms with E-state index in [0.717, 1.165) is 6.42 Å². The summed E-state index contributed by atoms with van der Waals surface area (Å²) >= 11 is 0. The van der Waals surface area contributed by atoms with E-state index in [-0.39, 0.29) is 25.2 Å². The van der Waals surface area contributed by atoms with Gasteiger partial charge in [-0.2, -0.15) is 0 Å². The molecule has 1 heterocycles. The lowest BCUT2D eigenvalue weighted by Gasteiger charge is -2.13. The van der Waals surface area contributed by atoms with E-state index in [9.17, 15) is 4.79 Å². The van der Waals surface area contributed by atoms with Gasteiger partial charge in [-0.05, 0) is 20.5 Å². The molecule has 0 spiro atoms. The molecule has 0 bridgehead atoms. The minimum Gasteiger partial charge on any atom is -0.462 e. The lowest BCUT2D eigenvalue weighted by atomic mass is 10.2. The second-order valence-corrected chi connectivity index (χ2v) is 3.71. The zero-order chi connectivity index (χ0) is 10.6. The van der Waals surface area contributed by atoms with E-state index in [4.69, 9.17) is 14.6 Å². The normalized spacial score (nSPS) is 26.9. The van der Waals surface area contributed by atoms with Crippen LogP contribution in [-0.2, 0) is 14.3 Å². The van der Waals surface area contributed by atoms with Gasteiger partial charge in [0.05, 0.1) is 12.6 Å². The number of ether oxygens (including phenoxy) is 2. The van der Waals surface area contributed by atoms with Crippen molar-refractivity contribution in [1.82, 2.24) is 4.90 Å². The highest BCUT2D eigenvalue weighted by atomic mass is 16.6. The molecule has 0 aromatic heterocycles. The number of esters is 1. The number of likely N-dealkylation sites (N-methyl/N-ethyl adjacent to an activating group) is 1. The van der Waals surface area contributed by atoms with Gasteiger partial charge < -0.3 is 14.6 Å². The molecule has 1 aliphatic rings. The highest BCUT2D eigenvalue weighted by Crippen LogP contribution is 2.17. The van der Waals surface area contributed by atoms with Crippen LogP contribution in [0.2, 0.25) is 0 Å². The zero-order valence-electron chi connectivity index (χ0n) is 8.60. The van der Waals surface area contributed by atoms with E-state index >= 15 is 0 Å². The highest BCUT2D eigenvalue weighted by Gasteiger charge is 2.24. The monoisotopic (exact) mass is 203 g/mol. The molecule has 82 valence electrons. The molecular weight excluding hydrogens is 186 g/mol. The summed E-state index contributed by atoms with van der Waals surface area (Å²) in [6.07, 6.45) is 0.537. The van der Waals surface area contributed by atoms with Crippen molar-refractivity contribution in [2.24, 2.45) is 0 Å². The average Bonchev–Trinajstić information content (AvgIpc) is 2.47. The Bertz CT molecular complexity index is 195. The van der Waals surface area contributed by atoms with Gasteiger partial charge in [0.25, 0.3) is 0 Å². The molecule has 1 rings (SSSR count).